The Labute approximate surface area is 108 Å². The van der Waals surface area contributed by atoms with Crippen molar-refractivity contribution >= 4 is 0 Å². The summed E-state index contributed by atoms with van der Waals surface area (Å²) >= 11 is 0. The van der Waals surface area contributed by atoms with Crippen LogP contribution in [0.5, 0.6) is 0 Å². The molecule has 1 heteroatoms. The highest BCUT2D eigenvalue weighted by Crippen LogP contribution is 2.31. The molecule has 0 aliphatic carbocycles. The molecule has 0 radical (unpaired) electrons. The summed E-state index contributed by atoms with van der Waals surface area (Å²) in [7, 11) is 0. The second kappa shape index (κ2) is 9.67. The zero-order valence-corrected chi connectivity index (χ0v) is 12.3. The fourth-order valence-electron chi connectivity index (χ4n) is 2.50. The van der Waals surface area contributed by atoms with E-state index < -0.39 is 0 Å². The quantitative estimate of drug-likeness (QED) is 0.329. The van der Waals surface area contributed by atoms with E-state index in [0.717, 1.165) is 18.8 Å². The summed E-state index contributed by atoms with van der Waals surface area (Å²) in [5.41, 5.74) is 0.492. The summed E-state index contributed by atoms with van der Waals surface area (Å²) in [6.07, 6.45) is 12.3. The van der Waals surface area contributed by atoms with Crippen molar-refractivity contribution in [3.63, 3.8) is 0 Å². The molecule has 0 N–H and O–H groups in total. The van der Waals surface area contributed by atoms with Gasteiger partial charge in [0.2, 0.25) is 0 Å². The second-order valence-electron chi connectivity index (χ2n) is 6.31. The Bertz CT molecular complexity index is 192. The summed E-state index contributed by atoms with van der Waals surface area (Å²) in [6.45, 7) is 9.17. The lowest BCUT2D eigenvalue weighted by atomic mass is 9.80. The van der Waals surface area contributed by atoms with Crippen molar-refractivity contribution in [3.05, 3.63) is 12.2 Å². The topological polar surface area (TPSA) is 0 Å². The molecule has 0 saturated carbocycles. The maximum atomic E-state index is 11.8. The van der Waals surface area contributed by atoms with Crippen LogP contribution in [0.3, 0.4) is 0 Å². The molecule has 0 unspecified atom stereocenters. The van der Waals surface area contributed by atoms with Gasteiger partial charge in [0, 0.05) is 0 Å². The molecule has 0 rings (SSSR count). The summed E-state index contributed by atoms with van der Waals surface area (Å²) in [5.74, 6) is 0.797. The molecule has 0 fully saturated rings. The van der Waals surface area contributed by atoms with E-state index in [4.69, 9.17) is 0 Å². The predicted octanol–water partition coefficient (Wildman–Crippen LogP) is 5.93. The fourth-order valence-corrected chi connectivity index (χ4v) is 2.50. The molecule has 102 valence electrons. The first kappa shape index (κ1) is 16.7. The lowest BCUT2D eigenvalue weighted by Crippen LogP contribution is -2.14. The number of halogens is 1. The van der Waals surface area contributed by atoms with Gasteiger partial charge < -0.3 is 0 Å². The number of allylic oxidation sites excluding steroid dienone is 2. The zero-order chi connectivity index (χ0) is 13.1. The third kappa shape index (κ3) is 11.9. The Morgan fingerprint density at radius 3 is 2.12 bits per heavy atom. The van der Waals surface area contributed by atoms with Gasteiger partial charge in [0.1, 0.15) is 0 Å². The third-order valence-electron chi connectivity index (χ3n) is 3.11. The standard InChI is InChI=1S/C16H31F/c1-15(2)14-16(3,4)12-10-8-6-5-7-9-11-13-17/h5,7,15H,6,8-14H2,1-4H3/b7-5+. The van der Waals surface area contributed by atoms with Crippen molar-refractivity contribution < 1.29 is 4.39 Å². The Balaban J connectivity index is 3.47. The normalized spacial score (nSPS) is 12.8. The average Bonchev–Trinajstić information content (AvgIpc) is 2.20. The lowest BCUT2D eigenvalue weighted by Gasteiger charge is -2.26. The molecule has 0 aliphatic rings. The molecule has 0 aliphatic heterocycles. The maximum Gasteiger partial charge on any atom is 0.0897 e. The van der Waals surface area contributed by atoms with Gasteiger partial charge in [0.25, 0.3) is 0 Å². The van der Waals surface area contributed by atoms with Gasteiger partial charge in [-0.25, -0.2) is 0 Å². The number of hydrogen-bond donors (Lipinski definition) is 0. The molecular weight excluding hydrogens is 211 g/mol. The molecule has 0 bridgehead atoms. The van der Waals surface area contributed by atoms with Crippen molar-refractivity contribution in [1.82, 2.24) is 0 Å². The van der Waals surface area contributed by atoms with Crippen LogP contribution in [0.25, 0.3) is 0 Å². The fraction of sp³-hybridized carbons (Fsp3) is 0.875. The summed E-state index contributed by atoms with van der Waals surface area (Å²) in [6, 6.07) is 0. The third-order valence-corrected chi connectivity index (χ3v) is 3.11. The van der Waals surface area contributed by atoms with E-state index in [0.29, 0.717) is 11.8 Å². The van der Waals surface area contributed by atoms with Crippen LogP contribution < -0.4 is 0 Å². The molecular formula is C16H31F. The Morgan fingerprint density at radius 2 is 1.59 bits per heavy atom. The highest BCUT2D eigenvalue weighted by molar-refractivity contribution is 4.81. The Kier molecular flexibility index (Phi) is 9.49. The van der Waals surface area contributed by atoms with Crippen molar-refractivity contribution in [1.29, 1.82) is 0 Å². The van der Waals surface area contributed by atoms with Gasteiger partial charge in [-0.05, 0) is 49.9 Å². The van der Waals surface area contributed by atoms with Crippen molar-refractivity contribution in [2.24, 2.45) is 11.3 Å². The Hall–Kier alpha value is -0.330. The van der Waals surface area contributed by atoms with Gasteiger partial charge >= 0.3 is 0 Å². The molecule has 0 heterocycles. The number of hydrogen-bond acceptors (Lipinski definition) is 0. The van der Waals surface area contributed by atoms with Crippen LogP contribution in [-0.4, -0.2) is 6.67 Å². The van der Waals surface area contributed by atoms with Gasteiger partial charge in [-0.3, -0.25) is 4.39 Å². The minimum absolute atomic E-state index is 0.187. The van der Waals surface area contributed by atoms with Gasteiger partial charge in [-0.15, -0.1) is 0 Å². The zero-order valence-electron chi connectivity index (χ0n) is 12.3. The summed E-state index contributed by atoms with van der Waals surface area (Å²) < 4.78 is 11.8. The smallest absolute Gasteiger partial charge is 0.0897 e. The van der Waals surface area contributed by atoms with Crippen LogP contribution in [0, 0.1) is 11.3 Å². The molecule has 0 aromatic carbocycles. The highest BCUT2D eigenvalue weighted by atomic mass is 19.1. The first-order chi connectivity index (χ1) is 7.98. The van der Waals surface area contributed by atoms with E-state index in [2.05, 4.69) is 39.8 Å². The minimum Gasteiger partial charge on any atom is -0.251 e. The van der Waals surface area contributed by atoms with E-state index in [1.54, 1.807) is 0 Å². The lowest BCUT2D eigenvalue weighted by molar-refractivity contribution is 0.257. The summed E-state index contributed by atoms with van der Waals surface area (Å²) in [4.78, 5) is 0. The SMILES string of the molecule is CC(C)CC(C)(C)CCCC/C=C/CCCF. The van der Waals surface area contributed by atoms with Gasteiger partial charge in [0.15, 0.2) is 0 Å². The van der Waals surface area contributed by atoms with Crippen molar-refractivity contribution in [3.8, 4) is 0 Å². The van der Waals surface area contributed by atoms with Crippen molar-refractivity contribution in [2.45, 2.75) is 72.6 Å². The summed E-state index contributed by atoms with van der Waals surface area (Å²) in [5, 5.41) is 0. The second-order valence-corrected chi connectivity index (χ2v) is 6.31. The molecule has 0 saturated heterocycles. The molecule has 0 nitrogen and oxygen atoms in total. The molecule has 0 spiro atoms. The van der Waals surface area contributed by atoms with E-state index in [9.17, 15) is 4.39 Å². The number of unbranched alkanes of at least 4 members (excludes halogenated alkanes) is 3. The molecule has 0 atom stereocenters. The minimum atomic E-state index is -0.187. The van der Waals surface area contributed by atoms with E-state index in [1.165, 1.54) is 25.7 Å². The van der Waals surface area contributed by atoms with Crippen molar-refractivity contribution in [2.75, 3.05) is 6.67 Å². The van der Waals surface area contributed by atoms with Crippen LogP contribution in [0.4, 0.5) is 4.39 Å². The monoisotopic (exact) mass is 242 g/mol. The van der Waals surface area contributed by atoms with Crippen LogP contribution in [0.2, 0.25) is 0 Å². The van der Waals surface area contributed by atoms with Gasteiger partial charge in [0.05, 0.1) is 6.67 Å². The van der Waals surface area contributed by atoms with Crippen LogP contribution in [0.15, 0.2) is 12.2 Å². The molecule has 0 aromatic rings. The number of alkyl halides is 1. The van der Waals surface area contributed by atoms with E-state index in [-0.39, 0.29) is 6.67 Å². The van der Waals surface area contributed by atoms with E-state index >= 15 is 0 Å². The largest absolute Gasteiger partial charge is 0.251 e. The molecule has 0 aromatic heterocycles. The predicted molar refractivity (Wildman–Crippen MR) is 76.1 cm³/mol. The van der Waals surface area contributed by atoms with Crippen LogP contribution in [-0.2, 0) is 0 Å². The highest BCUT2D eigenvalue weighted by Gasteiger charge is 2.18. The number of rotatable bonds is 10. The molecule has 0 amide bonds. The van der Waals surface area contributed by atoms with E-state index in [1.807, 2.05) is 0 Å². The first-order valence-electron chi connectivity index (χ1n) is 7.19. The Morgan fingerprint density at radius 1 is 1.00 bits per heavy atom. The van der Waals surface area contributed by atoms with Gasteiger partial charge in [-0.1, -0.05) is 46.3 Å². The first-order valence-corrected chi connectivity index (χ1v) is 7.19. The van der Waals surface area contributed by atoms with Gasteiger partial charge in [-0.2, -0.15) is 0 Å². The maximum absolute atomic E-state index is 11.8. The van der Waals surface area contributed by atoms with Crippen LogP contribution >= 0.6 is 0 Å². The van der Waals surface area contributed by atoms with Crippen LogP contribution in [0.1, 0.15) is 72.6 Å². The molecule has 17 heavy (non-hydrogen) atoms. The average molecular weight is 242 g/mol.